The number of rotatable bonds is 3. The Labute approximate surface area is 43.6 Å². The highest BCUT2D eigenvalue weighted by molar-refractivity contribution is 4.71. The highest BCUT2D eigenvalue weighted by atomic mass is 16.6. The minimum atomic E-state index is 0.741. The molecule has 7 heavy (non-hydrogen) atoms. The van der Waals surface area contributed by atoms with E-state index in [2.05, 4.69) is 4.84 Å². The Morgan fingerprint density at radius 1 is 1.57 bits per heavy atom. The lowest BCUT2D eigenvalue weighted by Crippen LogP contribution is -2.00. The van der Waals surface area contributed by atoms with E-state index < -0.39 is 0 Å². The maximum absolute atomic E-state index is 4.80. The highest BCUT2D eigenvalue weighted by Crippen LogP contribution is 2.31. The van der Waals surface area contributed by atoms with Crippen molar-refractivity contribution >= 4 is 0 Å². The van der Waals surface area contributed by atoms with E-state index in [1.807, 2.05) is 0 Å². The third kappa shape index (κ3) is 1.90. The van der Waals surface area contributed by atoms with Gasteiger partial charge in [-0.25, -0.2) is 5.90 Å². The average Bonchev–Trinajstić information content (AvgIpc) is 2.42. The quantitative estimate of drug-likeness (QED) is 0.530. The molecular weight excluding hydrogens is 90.1 g/mol. The molecule has 1 fully saturated rings. The molecule has 0 aliphatic heterocycles. The molecule has 2 nitrogen and oxygen atoms in total. The molecule has 0 amide bonds. The van der Waals surface area contributed by atoms with Crippen molar-refractivity contribution in [3.63, 3.8) is 0 Å². The Bertz CT molecular complexity index is 52.0. The molecule has 1 rings (SSSR count). The van der Waals surface area contributed by atoms with Crippen LogP contribution in [0.1, 0.15) is 19.3 Å². The zero-order valence-electron chi connectivity index (χ0n) is 4.39. The summed E-state index contributed by atoms with van der Waals surface area (Å²) in [5.74, 6) is 5.75. The van der Waals surface area contributed by atoms with Crippen LogP contribution in [0.4, 0.5) is 0 Å². The van der Waals surface area contributed by atoms with Crippen LogP contribution in [0, 0.1) is 5.92 Å². The maximum atomic E-state index is 4.80. The zero-order chi connectivity index (χ0) is 5.11. The highest BCUT2D eigenvalue weighted by Gasteiger charge is 2.19. The summed E-state index contributed by atoms with van der Waals surface area (Å²) in [4.78, 5) is 4.39. The topological polar surface area (TPSA) is 35.2 Å². The first-order chi connectivity index (χ1) is 3.43. The Kier molecular flexibility index (Phi) is 1.65. The molecule has 0 aromatic carbocycles. The smallest absolute Gasteiger partial charge is 0.0681 e. The molecule has 0 aromatic heterocycles. The van der Waals surface area contributed by atoms with Gasteiger partial charge >= 0.3 is 0 Å². The molecule has 0 atom stereocenters. The van der Waals surface area contributed by atoms with Gasteiger partial charge in [0.2, 0.25) is 0 Å². The SMILES string of the molecule is NOCCC1CC1. The molecule has 0 radical (unpaired) electrons. The minimum absolute atomic E-state index is 0.741. The summed E-state index contributed by atoms with van der Waals surface area (Å²) in [6.45, 7) is 0.741. The van der Waals surface area contributed by atoms with Crippen LogP contribution >= 0.6 is 0 Å². The Hall–Kier alpha value is -0.0800. The predicted molar refractivity (Wildman–Crippen MR) is 27.5 cm³/mol. The molecular formula is C5H11NO. The molecule has 0 heterocycles. The van der Waals surface area contributed by atoms with Gasteiger partial charge in [0.25, 0.3) is 0 Å². The monoisotopic (exact) mass is 101 g/mol. The van der Waals surface area contributed by atoms with E-state index in [1.165, 1.54) is 12.8 Å². The summed E-state index contributed by atoms with van der Waals surface area (Å²) in [7, 11) is 0. The summed E-state index contributed by atoms with van der Waals surface area (Å²) in [5.41, 5.74) is 0. The number of nitrogens with two attached hydrogens (primary N) is 1. The van der Waals surface area contributed by atoms with Crippen molar-refractivity contribution in [2.75, 3.05) is 6.61 Å². The summed E-state index contributed by atoms with van der Waals surface area (Å²) >= 11 is 0. The summed E-state index contributed by atoms with van der Waals surface area (Å²) in [6, 6.07) is 0. The van der Waals surface area contributed by atoms with Gasteiger partial charge < -0.3 is 4.84 Å². The lowest BCUT2D eigenvalue weighted by atomic mass is 10.3. The molecule has 0 unspecified atom stereocenters. The second-order valence-electron chi connectivity index (χ2n) is 2.10. The molecule has 0 aromatic rings. The molecule has 1 aliphatic carbocycles. The van der Waals surface area contributed by atoms with Gasteiger partial charge in [0, 0.05) is 0 Å². The van der Waals surface area contributed by atoms with Crippen molar-refractivity contribution in [2.45, 2.75) is 19.3 Å². The first-order valence-electron chi connectivity index (χ1n) is 2.75. The lowest BCUT2D eigenvalue weighted by molar-refractivity contribution is 0.131. The molecule has 2 N–H and O–H groups in total. The molecule has 2 heteroatoms. The summed E-state index contributed by atoms with van der Waals surface area (Å²) < 4.78 is 0. The van der Waals surface area contributed by atoms with Gasteiger partial charge in [-0.1, -0.05) is 12.8 Å². The first-order valence-corrected chi connectivity index (χ1v) is 2.75. The molecule has 0 bridgehead atoms. The fourth-order valence-corrected chi connectivity index (χ4v) is 0.641. The summed E-state index contributed by atoms with van der Waals surface area (Å²) in [6.07, 6.45) is 3.95. The van der Waals surface area contributed by atoms with Crippen LogP contribution in [0.15, 0.2) is 0 Å². The van der Waals surface area contributed by atoms with Crippen molar-refractivity contribution < 1.29 is 4.84 Å². The molecule has 42 valence electrons. The van der Waals surface area contributed by atoms with E-state index in [1.54, 1.807) is 0 Å². The van der Waals surface area contributed by atoms with Gasteiger partial charge in [-0.3, -0.25) is 0 Å². The molecule has 0 spiro atoms. The van der Waals surface area contributed by atoms with E-state index in [0.29, 0.717) is 0 Å². The van der Waals surface area contributed by atoms with Crippen LogP contribution in [0.2, 0.25) is 0 Å². The second-order valence-corrected chi connectivity index (χ2v) is 2.10. The van der Waals surface area contributed by atoms with Gasteiger partial charge in [-0.15, -0.1) is 0 Å². The second kappa shape index (κ2) is 2.28. The van der Waals surface area contributed by atoms with Crippen molar-refractivity contribution in [1.29, 1.82) is 0 Å². The van der Waals surface area contributed by atoms with Crippen LogP contribution < -0.4 is 5.90 Å². The van der Waals surface area contributed by atoms with Crippen LogP contribution in [0.25, 0.3) is 0 Å². The largest absolute Gasteiger partial charge is 0.305 e. The zero-order valence-corrected chi connectivity index (χ0v) is 4.39. The van der Waals surface area contributed by atoms with E-state index in [9.17, 15) is 0 Å². The fraction of sp³-hybridized carbons (Fsp3) is 1.00. The standard InChI is InChI=1S/C5H11NO/c6-7-4-3-5-1-2-5/h5H,1-4,6H2. The van der Waals surface area contributed by atoms with Crippen LogP contribution in [0.3, 0.4) is 0 Å². The Morgan fingerprint density at radius 2 is 2.29 bits per heavy atom. The van der Waals surface area contributed by atoms with Crippen molar-refractivity contribution in [1.82, 2.24) is 0 Å². The maximum Gasteiger partial charge on any atom is 0.0681 e. The van der Waals surface area contributed by atoms with Gasteiger partial charge in [0.05, 0.1) is 6.61 Å². The van der Waals surface area contributed by atoms with E-state index >= 15 is 0 Å². The third-order valence-electron chi connectivity index (χ3n) is 1.34. The van der Waals surface area contributed by atoms with Crippen molar-refractivity contribution in [2.24, 2.45) is 11.8 Å². The minimum Gasteiger partial charge on any atom is -0.305 e. The van der Waals surface area contributed by atoms with Gasteiger partial charge in [0.1, 0.15) is 0 Å². The van der Waals surface area contributed by atoms with Gasteiger partial charge in [-0.2, -0.15) is 0 Å². The molecule has 1 aliphatic rings. The van der Waals surface area contributed by atoms with Crippen molar-refractivity contribution in [3.8, 4) is 0 Å². The van der Waals surface area contributed by atoms with Crippen molar-refractivity contribution in [3.05, 3.63) is 0 Å². The first kappa shape index (κ1) is 5.06. The van der Waals surface area contributed by atoms with E-state index in [4.69, 9.17) is 5.90 Å². The molecule has 1 saturated carbocycles. The fourth-order valence-electron chi connectivity index (χ4n) is 0.641. The van der Waals surface area contributed by atoms with Gasteiger partial charge in [-0.05, 0) is 12.3 Å². The normalized spacial score (nSPS) is 20.1. The third-order valence-corrected chi connectivity index (χ3v) is 1.34. The molecule has 0 saturated heterocycles. The van der Waals surface area contributed by atoms with Gasteiger partial charge in [0.15, 0.2) is 0 Å². The predicted octanol–water partition coefficient (Wildman–Crippen LogP) is 0.677. The number of hydrogen-bond donors (Lipinski definition) is 1. The van der Waals surface area contributed by atoms with Crippen LogP contribution in [-0.4, -0.2) is 6.61 Å². The van der Waals surface area contributed by atoms with E-state index in [0.717, 1.165) is 18.9 Å². The number of hydrogen-bond acceptors (Lipinski definition) is 2. The Balaban J connectivity index is 1.80. The average molecular weight is 101 g/mol. The van der Waals surface area contributed by atoms with Crippen LogP contribution in [0.5, 0.6) is 0 Å². The van der Waals surface area contributed by atoms with E-state index in [-0.39, 0.29) is 0 Å². The van der Waals surface area contributed by atoms with Crippen LogP contribution in [-0.2, 0) is 4.84 Å². The lowest BCUT2D eigenvalue weighted by Gasteiger charge is -1.90. The summed E-state index contributed by atoms with van der Waals surface area (Å²) in [5, 5.41) is 0. The Morgan fingerprint density at radius 3 is 2.71 bits per heavy atom.